The number of para-hydroxylation sites is 4. The maximum atomic E-state index is 2.49. The van der Waals surface area contributed by atoms with Crippen molar-refractivity contribution in [2.75, 3.05) is 0 Å². The monoisotopic (exact) mass is 589 g/mol. The third-order valence-corrected chi connectivity index (χ3v) is 10.2. The van der Waals surface area contributed by atoms with Crippen LogP contribution < -0.4 is 0 Å². The molecule has 0 spiro atoms. The Hall–Kier alpha value is -5.80. The van der Waals surface area contributed by atoms with Gasteiger partial charge in [0.25, 0.3) is 0 Å². The van der Waals surface area contributed by atoms with Gasteiger partial charge in [-0.1, -0.05) is 111 Å². The molecule has 0 aliphatic carbocycles. The molecule has 0 radical (unpaired) electrons. The average Bonchev–Trinajstić information content (AvgIpc) is 3.81. The molecule has 3 heteroatoms. The van der Waals surface area contributed by atoms with E-state index in [9.17, 15) is 0 Å². The second kappa shape index (κ2) is 9.12. The molecule has 1 aliphatic rings. The van der Waals surface area contributed by atoms with E-state index in [1.807, 2.05) is 0 Å². The number of hydrogen-bond acceptors (Lipinski definition) is 0. The Bertz CT molecular complexity index is 2590. The van der Waals surface area contributed by atoms with E-state index in [2.05, 4.69) is 179 Å². The first-order valence-electron chi connectivity index (χ1n) is 16.0. The van der Waals surface area contributed by atoms with Crippen LogP contribution in [0.15, 0.2) is 152 Å². The van der Waals surface area contributed by atoms with E-state index in [0.29, 0.717) is 0 Å². The van der Waals surface area contributed by atoms with Crippen molar-refractivity contribution >= 4 is 43.7 Å². The number of fused-ring (bicyclic) bond motifs is 10. The van der Waals surface area contributed by atoms with Crippen LogP contribution >= 0.6 is 0 Å². The van der Waals surface area contributed by atoms with Gasteiger partial charge in [-0.3, -0.25) is 9.13 Å². The molecule has 0 fully saturated rings. The van der Waals surface area contributed by atoms with Crippen molar-refractivity contribution in [3.63, 3.8) is 0 Å². The van der Waals surface area contributed by atoms with Crippen LogP contribution in [0.4, 0.5) is 0 Å². The van der Waals surface area contributed by atoms with Crippen LogP contribution in [-0.4, -0.2) is 13.7 Å². The van der Waals surface area contributed by atoms with E-state index in [1.54, 1.807) is 0 Å². The van der Waals surface area contributed by atoms with Crippen molar-refractivity contribution in [3.05, 3.63) is 163 Å². The summed E-state index contributed by atoms with van der Waals surface area (Å²) in [7, 11) is 0. The SMILES string of the molecule is CC1(C)c2ccccc2-n2c1cc1c3ccccc3n(-c3ccc(-c4ccc(-n5c6ccccc6c6ccccc65)cc4)cc3)c12. The Morgan fingerprint density at radius 2 is 0.870 bits per heavy atom. The molecule has 9 aromatic rings. The predicted octanol–water partition coefficient (Wildman–Crippen LogP) is 11.0. The lowest BCUT2D eigenvalue weighted by Gasteiger charge is -2.18. The highest BCUT2D eigenvalue weighted by Crippen LogP contribution is 2.48. The maximum absolute atomic E-state index is 2.49. The van der Waals surface area contributed by atoms with Crippen LogP contribution in [0.1, 0.15) is 25.1 Å². The zero-order valence-corrected chi connectivity index (χ0v) is 25.8. The van der Waals surface area contributed by atoms with Crippen molar-refractivity contribution < 1.29 is 0 Å². The van der Waals surface area contributed by atoms with Crippen LogP contribution in [0.2, 0.25) is 0 Å². The highest BCUT2D eigenvalue weighted by molar-refractivity contribution is 6.10. The average molecular weight is 590 g/mol. The van der Waals surface area contributed by atoms with E-state index in [0.717, 1.165) is 0 Å². The number of rotatable bonds is 3. The molecule has 4 heterocycles. The van der Waals surface area contributed by atoms with Crippen LogP contribution in [0.5, 0.6) is 0 Å². The fourth-order valence-corrected chi connectivity index (χ4v) is 8.04. The molecule has 0 atom stereocenters. The first-order chi connectivity index (χ1) is 22.6. The van der Waals surface area contributed by atoms with Gasteiger partial charge in [0.05, 0.1) is 22.2 Å². The van der Waals surface area contributed by atoms with Gasteiger partial charge >= 0.3 is 0 Å². The lowest BCUT2D eigenvalue weighted by molar-refractivity contribution is 0.644. The molecular weight excluding hydrogens is 558 g/mol. The molecule has 0 amide bonds. The quantitative estimate of drug-likeness (QED) is 0.195. The molecule has 0 saturated heterocycles. The van der Waals surface area contributed by atoms with Crippen molar-refractivity contribution in [3.8, 4) is 28.2 Å². The van der Waals surface area contributed by atoms with Gasteiger partial charge in [0.1, 0.15) is 5.65 Å². The largest absolute Gasteiger partial charge is 0.309 e. The van der Waals surface area contributed by atoms with E-state index in [-0.39, 0.29) is 5.41 Å². The minimum atomic E-state index is -0.0587. The molecule has 3 aromatic heterocycles. The first kappa shape index (κ1) is 25.5. The molecule has 0 bridgehead atoms. The molecule has 0 saturated carbocycles. The molecule has 10 rings (SSSR count). The second-order valence-electron chi connectivity index (χ2n) is 13.1. The molecular formula is C43H31N3. The Balaban J connectivity index is 1.09. The van der Waals surface area contributed by atoms with Crippen molar-refractivity contribution in [2.45, 2.75) is 19.3 Å². The van der Waals surface area contributed by atoms with Gasteiger partial charge in [0, 0.05) is 44.0 Å². The predicted molar refractivity (Wildman–Crippen MR) is 192 cm³/mol. The summed E-state index contributed by atoms with van der Waals surface area (Å²) in [5.41, 5.74) is 13.6. The number of hydrogen-bond donors (Lipinski definition) is 0. The number of aromatic nitrogens is 3. The summed E-state index contributed by atoms with van der Waals surface area (Å²) in [6, 6.07) is 55.5. The normalized spacial score (nSPS) is 13.6. The van der Waals surface area contributed by atoms with Crippen LogP contribution in [0.3, 0.4) is 0 Å². The Morgan fingerprint density at radius 1 is 0.413 bits per heavy atom. The Labute approximate surface area is 267 Å². The highest BCUT2D eigenvalue weighted by Gasteiger charge is 2.38. The lowest BCUT2D eigenvalue weighted by atomic mass is 9.83. The Kier molecular flexibility index (Phi) is 5.06. The minimum Gasteiger partial charge on any atom is -0.309 e. The van der Waals surface area contributed by atoms with Gasteiger partial charge in [-0.05, 0) is 71.3 Å². The summed E-state index contributed by atoms with van der Waals surface area (Å²) >= 11 is 0. The molecule has 0 unspecified atom stereocenters. The maximum Gasteiger partial charge on any atom is 0.130 e. The lowest BCUT2D eigenvalue weighted by Crippen LogP contribution is -2.15. The van der Waals surface area contributed by atoms with E-state index < -0.39 is 0 Å². The fourth-order valence-electron chi connectivity index (χ4n) is 8.04. The third-order valence-electron chi connectivity index (χ3n) is 10.2. The zero-order chi connectivity index (χ0) is 30.6. The van der Waals surface area contributed by atoms with Crippen molar-refractivity contribution in [1.29, 1.82) is 0 Å². The topological polar surface area (TPSA) is 14.8 Å². The standard InChI is InChI=1S/C43H31N3/c1-43(2)36-14-6-10-18-40(36)46-41(43)27-35-34-13-5-9-17-39(34)45(42(35)46)31-25-21-29(22-26-31)28-19-23-30(24-20-28)44-37-15-7-3-11-32(37)33-12-4-8-16-38(33)44/h3-27H,1-2H3. The summed E-state index contributed by atoms with van der Waals surface area (Å²) in [5.74, 6) is 0. The minimum absolute atomic E-state index is 0.0587. The number of benzene rings is 6. The van der Waals surface area contributed by atoms with Gasteiger partial charge in [-0.15, -0.1) is 0 Å². The van der Waals surface area contributed by atoms with Gasteiger partial charge in [-0.25, -0.2) is 0 Å². The van der Waals surface area contributed by atoms with Gasteiger partial charge < -0.3 is 4.57 Å². The van der Waals surface area contributed by atoms with Crippen LogP contribution in [0.25, 0.3) is 71.9 Å². The summed E-state index contributed by atoms with van der Waals surface area (Å²) in [4.78, 5) is 0. The molecule has 3 nitrogen and oxygen atoms in total. The van der Waals surface area contributed by atoms with E-state index in [4.69, 9.17) is 0 Å². The summed E-state index contributed by atoms with van der Waals surface area (Å²) in [6.07, 6.45) is 0. The third kappa shape index (κ3) is 3.32. The summed E-state index contributed by atoms with van der Waals surface area (Å²) in [6.45, 7) is 4.69. The first-order valence-corrected chi connectivity index (χ1v) is 16.0. The molecule has 46 heavy (non-hydrogen) atoms. The highest BCUT2D eigenvalue weighted by atomic mass is 15.2. The van der Waals surface area contributed by atoms with Gasteiger partial charge in [0.2, 0.25) is 0 Å². The van der Waals surface area contributed by atoms with Gasteiger partial charge in [-0.2, -0.15) is 0 Å². The van der Waals surface area contributed by atoms with E-state index in [1.165, 1.54) is 83.2 Å². The van der Waals surface area contributed by atoms with Gasteiger partial charge in [0.15, 0.2) is 0 Å². The van der Waals surface area contributed by atoms with Crippen LogP contribution in [0, 0.1) is 0 Å². The van der Waals surface area contributed by atoms with Crippen LogP contribution in [-0.2, 0) is 5.41 Å². The molecule has 0 N–H and O–H groups in total. The van der Waals surface area contributed by atoms with E-state index >= 15 is 0 Å². The molecule has 218 valence electrons. The summed E-state index contributed by atoms with van der Waals surface area (Å²) in [5, 5.41) is 5.16. The zero-order valence-electron chi connectivity index (χ0n) is 25.8. The molecule has 1 aliphatic heterocycles. The summed E-state index contributed by atoms with van der Waals surface area (Å²) < 4.78 is 7.31. The number of nitrogens with zero attached hydrogens (tertiary/aromatic N) is 3. The van der Waals surface area contributed by atoms with Crippen molar-refractivity contribution in [1.82, 2.24) is 13.7 Å². The van der Waals surface area contributed by atoms with Crippen molar-refractivity contribution in [2.24, 2.45) is 0 Å². The Morgan fingerprint density at radius 3 is 1.46 bits per heavy atom. The molecule has 6 aromatic carbocycles. The second-order valence-corrected chi connectivity index (χ2v) is 13.1. The fraction of sp³-hybridized carbons (Fsp3) is 0.0698. The smallest absolute Gasteiger partial charge is 0.130 e.